The van der Waals surface area contributed by atoms with Gasteiger partial charge in [0.05, 0.1) is 0 Å². The molecular formula is C16H16Br2. The van der Waals surface area contributed by atoms with Gasteiger partial charge in [-0.1, -0.05) is 80.4 Å². The van der Waals surface area contributed by atoms with Crippen molar-refractivity contribution in [1.82, 2.24) is 0 Å². The van der Waals surface area contributed by atoms with E-state index in [1.807, 2.05) is 0 Å². The molecular weight excluding hydrogens is 352 g/mol. The Bertz CT molecular complexity index is 506. The van der Waals surface area contributed by atoms with Crippen molar-refractivity contribution >= 4 is 31.9 Å². The minimum Gasteiger partial charge on any atom is -0.0928 e. The van der Waals surface area contributed by atoms with E-state index in [1.165, 1.54) is 28.7 Å². The van der Waals surface area contributed by atoms with Gasteiger partial charge in [-0.05, 0) is 35.1 Å². The van der Waals surface area contributed by atoms with Gasteiger partial charge in [0.15, 0.2) is 0 Å². The summed E-state index contributed by atoms with van der Waals surface area (Å²) in [5, 5.41) is 1.97. The Balaban J connectivity index is 2.26. The third-order valence-corrected chi connectivity index (χ3v) is 4.15. The second kappa shape index (κ2) is 7.10. The third kappa shape index (κ3) is 3.69. The van der Waals surface area contributed by atoms with Gasteiger partial charge in [0.25, 0.3) is 0 Å². The summed E-state index contributed by atoms with van der Waals surface area (Å²) in [6, 6.07) is 17.5. The van der Waals surface area contributed by atoms with Crippen LogP contribution in [0, 0.1) is 0 Å². The number of rotatable bonds is 5. The maximum Gasteiger partial charge on any atom is 0.0283 e. The van der Waals surface area contributed by atoms with Crippen LogP contribution in [0.1, 0.15) is 17.5 Å². The van der Waals surface area contributed by atoms with Crippen LogP contribution in [0.3, 0.4) is 0 Å². The summed E-state index contributed by atoms with van der Waals surface area (Å²) in [5.41, 5.74) is 5.34. The van der Waals surface area contributed by atoms with Crippen molar-refractivity contribution in [3.05, 3.63) is 59.7 Å². The molecule has 0 bridgehead atoms. The van der Waals surface area contributed by atoms with Crippen LogP contribution in [-0.2, 0) is 11.8 Å². The summed E-state index contributed by atoms with van der Waals surface area (Å²) >= 11 is 6.99. The number of alkyl halides is 2. The van der Waals surface area contributed by atoms with Gasteiger partial charge in [-0.2, -0.15) is 0 Å². The van der Waals surface area contributed by atoms with E-state index in [0.29, 0.717) is 0 Å². The van der Waals surface area contributed by atoms with Crippen LogP contribution < -0.4 is 0 Å². The van der Waals surface area contributed by atoms with Crippen molar-refractivity contribution < 1.29 is 0 Å². The van der Waals surface area contributed by atoms with Crippen molar-refractivity contribution in [3.63, 3.8) is 0 Å². The average molecular weight is 368 g/mol. The minimum atomic E-state index is 0.907. The van der Waals surface area contributed by atoms with E-state index in [1.54, 1.807) is 0 Å². The molecule has 18 heavy (non-hydrogen) atoms. The van der Waals surface area contributed by atoms with E-state index in [0.717, 1.165) is 17.1 Å². The molecule has 0 aliphatic rings. The number of benzene rings is 2. The van der Waals surface area contributed by atoms with E-state index in [9.17, 15) is 0 Å². The molecule has 2 heteroatoms. The fourth-order valence-electron chi connectivity index (χ4n) is 2.01. The molecule has 0 saturated carbocycles. The maximum absolute atomic E-state index is 3.51. The molecule has 0 fully saturated rings. The van der Waals surface area contributed by atoms with Gasteiger partial charge < -0.3 is 0 Å². The molecule has 0 amide bonds. The summed E-state index contributed by atoms with van der Waals surface area (Å²) in [6.45, 7) is 0. The van der Waals surface area contributed by atoms with Crippen LogP contribution in [0.4, 0.5) is 0 Å². The van der Waals surface area contributed by atoms with Gasteiger partial charge in [-0.15, -0.1) is 0 Å². The molecule has 0 unspecified atom stereocenters. The van der Waals surface area contributed by atoms with Gasteiger partial charge in [-0.3, -0.25) is 0 Å². The SMILES string of the molecule is BrCCCc1cccc(-c2cccc(CBr)c2)c1. The molecule has 0 radical (unpaired) electrons. The molecule has 0 aliphatic heterocycles. The van der Waals surface area contributed by atoms with Gasteiger partial charge in [0, 0.05) is 10.7 Å². The van der Waals surface area contributed by atoms with Crippen LogP contribution in [0.15, 0.2) is 48.5 Å². The van der Waals surface area contributed by atoms with Crippen LogP contribution in [0.25, 0.3) is 11.1 Å². The Morgan fingerprint density at radius 2 is 1.39 bits per heavy atom. The molecule has 0 aliphatic carbocycles. The maximum atomic E-state index is 3.51. The molecule has 0 spiro atoms. The smallest absolute Gasteiger partial charge is 0.0283 e. The van der Waals surface area contributed by atoms with Crippen molar-refractivity contribution in [2.75, 3.05) is 5.33 Å². The first kappa shape index (κ1) is 13.8. The fourth-order valence-corrected chi connectivity index (χ4v) is 2.64. The lowest BCUT2D eigenvalue weighted by Gasteiger charge is -2.06. The molecule has 0 saturated heterocycles. The van der Waals surface area contributed by atoms with Gasteiger partial charge >= 0.3 is 0 Å². The highest BCUT2D eigenvalue weighted by Crippen LogP contribution is 2.23. The van der Waals surface area contributed by atoms with Crippen LogP contribution in [0.5, 0.6) is 0 Å². The molecule has 2 rings (SSSR count). The first-order valence-corrected chi connectivity index (χ1v) is 8.38. The molecule has 2 aromatic rings. The molecule has 0 atom stereocenters. The zero-order valence-electron chi connectivity index (χ0n) is 10.2. The van der Waals surface area contributed by atoms with E-state index < -0.39 is 0 Å². The summed E-state index contributed by atoms with van der Waals surface area (Å²) in [4.78, 5) is 0. The molecule has 0 heterocycles. The van der Waals surface area contributed by atoms with Gasteiger partial charge in [0.1, 0.15) is 0 Å². The molecule has 0 nitrogen and oxygen atoms in total. The zero-order chi connectivity index (χ0) is 12.8. The summed E-state index contributed by atoms with van der Waals surface area (Å²) in [7, 11) is 0. The summed E-state index contributed by atoms with van der Waals surface area (Å²) in [6.07, 6.45) is 2.32. The van der Waals surface area contributed by atoms with E-state index in [2.05, 4.69) is 80.4 Å². The number of hydrogen-bond acceptors (Lipinski definition) is 0. The normalized spacial score (nSPS) is 10.6. The third-order valence-electron chi connectivity index (χ3n) is 2.94. The fraction of sp³-hybridized carbons (Fsp3) is 0.250. The Kier molecular flexibility index (Phi) is 5.45. The lowest BCUT2D eigenvalue weighted by molar-refractivity contribution is 0.940. The average Bonchev–Trinajstić information content (AvgIpc) is 2.45. The van der Waals surface area contributed by atoms with Crippen LogP contribution in [-0.4, -0.2) is 5.33 Å². The molecule has 2 aromatic carbocycles. The Morgan fingerprint density at radius 1 is 0.778 bits per heavy atom. The highest BCUT2D eigenvalue weighted by Gasteiger charge is 2.00. The summed E-state index contributed by atoms with van der Waals surface area (Å²) in [5.74, 6) is 0. The Morgan fingerprint density at radius 3 is 2.00 bits per heavy atom. The van der Waals surface area contributed by atoms with Gasteiger partial charge in [0.2, 0.25) is 0 Å². The Labute approximate surface area is 126 Å². The summed E-state index contributed by atoms with van der Waals surface area (Å²) < 4.78 is 0. The lowest BCUT2D eigenvalue weighted by Crippen LogP contribution is -1.88. The Hall–Kier alpha value is -0.600. The minimum absolute atomic E-state index is 0.907. The lowest BCUT2D eigenvalue weighted by atomic mass is 10.00. The molecule has 0 aromatic heterocycles. The highest BCUT2D eigenvalue weighted by molar-refractivity contribution is 9.09. The predicted octanol–water partition coefficient (Wildman–Crippen LogP) is 5.58. The van der Waals surface area contributed by atoms with E-state index >= 15 is 0 Å². The van der Waals surface area contributed by atoms with Crippen molar-refractivity contribution in [2.45, 2.75) is 18.2 Å². The largest absolute Gasteiger partial charge is 0.0928 e. The number of halogens is 2. The molecule has 0 N–H and O–H groups in total. The first-order chi connectivity index (χ1) is 8.83. The zero-order valence-corrected chi connectivity index (χ0v) is 13.4. The van der Waals surface area contributed by atoms with Crippen LogP contribution >= 0.6 is 31.9 Å². The second-order valence-electron chi connectivity index (χ2n) is 4.33. The first-order valence-electron chi connectivity index (χ1n) is 6.13. The molecule has 94 valence electrons. The van der Waals surface area contributed by atoms with Crippen molar-refractivity contribution in [2.24, 2.45) is 0 Å². The number of hydrogen-bond donors (Lipinski definition) is 0. The highest BCUT2D eigenvalue weighted by atomic mass is 79.9. The topological polar surface area (TPSA) is 0 Å². The monoisotopic (exact) mass is 366 g/mol. The van der Waals surface area contributed by atoms with Crippen molar-refractivity contribution in [3.8, 4) is 11.1 Å². The van der Waals surface area contributed by atoms with Gasteiger partial charge in [-0.25, -0.2) is 0 Å². The van der Waals surface area contributed by atoms with E-state index in [4.69, 9.17) is 0 Å². The predicted molar refractivity (Wildman–Crippen MR) is 86.6 cm³/mol. The quantitative estimate of drug-likeness (QED) is 0.605. The van der Waals surface area contributed by atoms with Crippen LogP contribution in [0.2, 0.25) is 0 Å². The van der Waals surface area contributed by atoms with Crippen molar-refractivity contribution in [1.29, 1.82) is 0 Å². The van der Waals surface area contributed by atoms with E-state index in [-0.39, 0.29) is 0 Å². The standard InChI is InChI=1S/C16H16Br2/c17-9-3-6-13-4-1-7-15(10-13)16-8-2-5-14(11-16)12-18/h1-2,4-5,7-8,10-11H,3,6,9,12H2. The second-order valence-corrected chi connectivity index (χ2v) is 5.68. The number of aryl methyl sites for hydroxylation is 1.